The van der Waals surface area contributed by atoms with Gasteiger partial charge in [-0.2, -0.15) is 0 Å². The maximum atomic E-state index is 12.1. The Bertz CT molecular complexity index is 875. The second-order valence-corrected chi connectivity index (χ2v) is 6.40. The Kier molecular flexibility index (Phi) is 4.78. The normalized spacial score (nSPS) is 15.8. The standard InChI is InChI=1S/C15H15ClN2O.C2H2O4/c16-9-7-11-10-1-4-17-5-2-13(10)18-6-3-14(19)12(8-9)15(11)18;3-1(4)2(5)6/h7-8,17H,1-6H2;(H,3,4)(H,5,6). The number of rotatable bonds is 0. The number of carbonyl (C=O) groups is 3. The summed E-state index contributed by atoms with van der Waals surface area (Å²) in [6.07, 6.45) is 2.65. The molecule has 0 fully saturated rings. The van der Waals surface area contributed by atoms with Crippen LogP contribution in [0.25, 0.3) is 10.9 Å². The van der Waals surface area contributed by atoms with Crippen LogP contribution < -0.4 is 5.32 Å². The second kappa shape index (κ2) is 6.85. The highest BCUT2D eigenvalue weighted by Gasteiger charge is 2.26. The maximum Gasteiger partial charge on any atom is 0.414 e. The number of carboxylic acid groups (broad SMARTS) is 2. The van der Waals surface area contributed by atoms with Crippen molar-refractivity contribution in [1.29, 1.82) is 0 Å². The number of aromatic nitrogens is 1. The Labute approximate surface area is 148 Å². The first-order chi connectivity index (χ1) is 11.9. The lowest BCUT2D eigenvalue weighted by Gasteiger charge is -2.17. The molecule has 0 amide bonds. The number of carbonyl (C=O) groups excluding carboxylic acids is 1. The van der Waals surface area contributed by atoms with Gasteiger partial charge in [0.05, 0.1) is 5.52 Å². The molecule has 0 bridgehead atoms. The van der Waals surface area contributed by atoms with Crippen molar-refractivity contribution in [2.75, 3.05) is 13.1 Å². The topological polar surface area (TPSA) is 109 Å². The molecule has 0 spiro atoms. The van der Waals surface area contributed by atoms with Crippen LogP contribution in [0.15, 0.2) is 12.1 Å². The fourth-order valence-electron chi connectivity index (χ4n) is 3.49. The summed E-state index contributed by atoms with van der Waals surface area (Å²) in [4.78, 5) is 30.3. The number of aliphatic carboxylic acids is 2. The minimum absolute atomic E-state index is 0.228. The number of hydrogen-bond acceptors (Lipinski definition) is 4. The van der Waals surface area contributed by atoms with Crippen molar-refractivity contribution in [3.8, 4) is 0 Å². The van der Waals surface area contributed by atoms with Crippen molar-refractivity contribution < 1.29 is 24.6 Å². The van der Waals surface area contributed by atoms with Gasteiger partial charge in [-0.15, -0.1) is 0 Å². The Morgan fingerprint density at radius 1 is 1.08 bits per heavy atom. The molecule has 1 aromatic carbocycles. The van der Waals surface area contributed by atoms with Gasteiger partial charge in [-0.1, -0.05) is 11.6 Å². The summed E-state index contributed by atoms with van der Waals surface area (Å²) in [5, 5.41) is 20.1. The molecule has 3 N–H and O–H groups in total. The van der Waals surface area contributed by atoms with E-state index in [9.17, 15) is 4.79 Å². The van der Waals surface area contributed by atoms with Crippen LogP contribution >= 0.6 is 11.6 Å². The summed E-state index contributed by atoms with van der Waals surface area (Å²) in [6, 6.07) is 3.86. The zero-order valence-electron chi connectivity index (χ0n) is 13.3. The lowest BCUT2D eigenvalue weighted by Crippen LogP contribution is -2.19. The number of nitrogens with one attached hydrogen (secondary N) is 1. The van der Waals surface area contributed by atoms with Crippen LogP contribution in [0.1, 0.15) is 28.0 Å². The predicted octanol–water partition coefficient (Wildman–Crippen LogP) is 1.72. The number of Topliss-reactive ketones (excluding diaryl/α,β-unsaturated/α-hetero) is 1. The smallest absolute Gasteiger partial charge is 0.414 e. The molecule has 2 aliphatic heterocycles. The predicted molar refractivity (Wildman–Crippen MR) is 91.4 cm³/mol. The van der Waals surface area contributed by atoms with Crippen LogP contribution in [-0.2, 0) is 29.0 Å². The van der Waals surface area contributed by atoms with Crippen LogP contribution in [0.3, 0.4) is 0 Å². The van der Waals surface area contributed by atoms with Crippen LogP contribution in [0.4, 0.5) is 0 Å². The van der Waals surface area contributed by atoms with Gasteiger partial charge in [0.2, 0.25) is 0 Å². The highest BCUT2D eigenvalue weighted by Crippen LogP contribution is 2.36. The monoisotopic (exact) mass is 364 g/mol. The average Bonchev–Trinajstić information content (AvgIpc) is 2.73. The van der Waals surface area contributed by atoms with E-state index in [4.69, 9.17) is 31.4 Å². The molecule has 3 heterocycles. The zero-order chi connectivity index (χ0) is 18.1. The van der Waals surface area contributed by atoms with Gasteiger partial charge in [-0.3, -0.25) is 4.79 Å². The number of nitrogens with zero attached hydrogens (tertiary/aromatic N) is 1. The number of hydrogen-bond donors (Lipinski definition) is 3. The number of halogens is 1. The fourth-order valence-corrected chi connectivity index (χ4v) is 3.71. The van der Waals surface area contributed by atoms with Crippen molar-refractivity contribution >= 4 is 40.2 Å². The Balaban J connectivity index is 0.000000265. The van der Waals surface area contributed by atoms with Crippen molar-refractivity contribution in [3.05, 3.63) is 34.0 Å². The van der Waals surface area contributed by atoms with Crippen molar-refractivity contribution in [1.82, 2.24) is 9.88 Å². The van der Waals surface area contributed by atoms with Gasteiger partial charge in [0.1, 0.15) is 0 Å². The Morgan fingerprint density at radius 3 is 2.44 bits per heavy atom. The molecule has 2 aliphatic rings. The quantitative estimate of drug-likeness (QED) is 0.614. The largest absolute Gasteiger partial charge is 0.473 e. The Hall–Kier alpha value is -2.38. The molecule has 132 valence electrons. The van der Waals surface area contributed by atoms with Crippen molar-refractivity contribution in [3.63, 3.8) is 0 Å². The van der Waals surface area contributed by atoms with Gasteiger partial charge in [0.15, 0.2) is 5.78 Å². The molecule has 0 saturated heterocycles. The van der Waals surface area contributed by atoms with E-state index in [2.05, 4.69) is 9.88 Å². The minimum atomic E-state index is -1.82. The average molecular weight is 365 g/mol. The van der Waals surface area contributed by atoms with Crippen LogP contribution in [0.2, 0.25) is 5.02 Å². The third kappa shape index (κ3) is 3.25. The summed E-state index contributed by atoms with van der Waals surface area (Å²) in [6.45, 7) is 2.83. The van der Waals surface area contributed by atoms with E-state index in [0.717, 1.165) is 43.6 Å². The van der Waals surface area contributed by atoms with Gasteiger partial charge in [-0.05, 0) is 30.7 Å². The first-order valence-corrected chi connectivity index (χ1v) is 8.31. The van der Waals surface area contributed by atoms with Gasteiger partial charge < -0.3 is 20.1 Å². The molecule has 8 heteroatoms. The zero-order valence-corrected chi connectivity index (χ0v) is 14.1. The summed E-state index contributed by atoms with van der Waals surface area (Å²) >= 11 is 6.21. The number of carboxylic acids is 2. The van der Waals surface area contributed by atoms with Crippen LogP contribution in [0, 0.1) is 0 Å². The van der Waals surface area contributed by atoms with E-state index in [1.54, 1.807) is 0 Å². The lowest BCUT2D eigenvalue weighted by atomic mass is 10.0. The molecule has 25 heavy (non-hydrogen) atoms. The molecule has 0 atom stereocenters. The molecular weight excluding hydrogens is 348 g/mol. The lowest BCUT2D eigenvalue weighted by molar-refractivity contribution is -0.159. The molecule has 0 aliphatic carbocycles. The molecule has 1 aromatic heterocycles. The number of fused-ring (bicyclic) bond motifs is 3. The summed E-state index contributed by atoms with van der Waals surface area (Å²) < 4.78 is 2.35. The van der Waals surface area contributed by atoms with Gasteiger partial charge in [-0.25, -0.2) is 9.59 Å². The minimum Gasteiger partial charge on any atom is -0.473 e. The van der Waals surface area contributed by atoms with Gasteiger partial charge in [0, 0.05) is 47.6 Å². The fraction of sp³-hybridized carbons (Fsp3) is 0.353. The molecule has 7 nitrogen and oxygen atoms in total. The molecule has 0 radical (unpaired) electrons. The number of ketones is 1. The number of benzene rings is 1. The van der Waals surface area contributed by atoms with E-state index < -0.39 is 11.9 Å². The van der Waals surface area contributed by atoms with E-state index in [1.807, 2.05) is 12.1 Å². The Morgan fingerprint density at radius 2 is 1.76 bits per heavy atom. The summed E-state index contributed by atoms with van der Waals surface area (Å²) in [7, 11) is 0. The maximum absolute atomic E-state index is 12.1. The first-order valence-electron chi connectivity index (χ1n) is 7.93. The summed E-state index contributed by atoms with van der Waals surface area (Å²) in [5.74, 6) is -3.42. The highest BCUT2D eigenvalue weighted by atomic mass is 35.5. The van der Waals surface area contributed by atoms with E-state index in [0.29, 0.717) is 11.4 Å². The summed E-state index contributed by atoms with van der Waals surface area (Å²) in [5.41, 5.74) is 4.72. The molecular formula is C17H17ClN2O5. The van der Waals surface area contributed by atoms with Gasteiger partial charge in [0.25, 0.3) is 0 Å². The highest BCUT2D eigenvalue weighted by molar-refractivity contribution is 6.32. The van der Waals surface area contributed by atoms with Crippen LogP contribution in [-0.4, -0.2) is 45.6 Å². The molecule has 2 aromatic rings. The third-order valence-electron chi connectivity index (χ3n) is 4.48. The molecule has 0 unspecified atom stereocenters. The van der Waals surface area contributed by atoms with E-state index >= 15 is 0 Å². The first kappa shape index (κ1) is 17.4. The molecule has 4 rings (SSSR count). The van der Waals surface area contributed by atoms with Crippen molar-refractivity contribution in [2.45, 2.75) is 25.8 Å². The molecule has 0 saturated carbocycles. The van der Waals surface area contributed by atoms with E-state index in [-0.39, 0.29) is 5.78 Å². The second-order valence-electron chi connectivity index (χ2n) is 5.96. The van der Waals surface area contributed by atoms with Crippen molar-refractivity contribution in [2.24, 2.45) is 0 Å². The SMILES string of the molecule is O=C(O)C(=O)O.O=C1CCn2c3c(c4cc(Cl)cc1c42)CCNCC3. The van der Waals surface area contributed by atoms with Gasteiger partial charge >= 0.3 is 11.9 Å². The third-order valence-corrected chi connectivity index (χ3v) is 4.70. The van der Waals surface area contributed by atoms with Crippen LogP contribution in [0.5, 0.6) is 0 Å². The number of aryl methyl sites for hydroxylation is 1. The van der Waals surface area contributed by atoms with E-state index in [1.165, 1.54) is 16.6 Å².